The van der Waals surface area contributed by atoms with Crippen LogP contribution in [-0.4, -0.2) is 11.8 Å². The quantitative estimate of drug-likeness (QED) is 0.875. The lowest BCUT2D eigenvalue weighted by molar-refractivity contribution is 0.0968. The Labute approximate surface area is 111 Å². The number of benzene rings is 2. The summed E-state index contributed by atoms with van der Waals surface area (Å²) in [6.45, 7) is 1.95. The molecule has 4 N–H and O–H groups in total. The summed E-state index contributed by atoms with van der Waals surface area (Å²) in [5.74, 6) is -1.32. The molecule has 0 heterocycles. The van der Waals surface area contributed by atoms with Crippen LogP contribution in [0.15, 0.2) is 42.5 Å². The molecule has 0 saturated carbocycles. The highest BCUT2D eigenvalue weighted by Gasteiger charge is 2.17. The number of aryl methyl sites for hydroxylation is 1. The third-order valence-corrected chi connectivity index (χ3v) is 2.91. The van der Waals surface area contributed by atoms with E-state index in [1.807, 2.05) is 31.2 Å². The standard InChI is InChI=1S/C15H14N2O2/c1-9-4-2-5-10(8-9)11-6-3-7-12(14(16)18)13(11)15(17)19/h2-8H,1H3,(H2,16,18)(H2,17,19). The van der Waals surface area contributed by atoms with Crippen LogP contribution in [0.5, 0.6) is 0 Å². The van der Waals surface area contributed by atoms with E-state index in [0.717, 1.165) is 11.1 Å². The third-order valence-electron chi connectivity index (χ3n) is 2.91. The summed E-state index contributed by atoms with van der Waals surface area (Å²) in [4.78, 5) is 23.0. The summed E-state index contributed by atoms with van der Waals surface area (Å²) in [7, 11) is 0. The van der Waals surface area contributed by atoms with E-state index in [2.05, 4.69) is 0 Å². The molecule has 0 bridgehead atoms. The normalized spacial score (nSPS) is 10.2. The van der Waals surface area contributed by atoms with Gasteiger partial charge in [-0.25, -0.2) is 0 Å². The molecule has 4 heteroatoms. The van der Waals surface area contributed by atoms with E-state index in [1.165, 1.54) is 6.07 Å². The lowest BCUT2D eigenvalue weighted by Crippen LogP contribution is -2.21. The van der Waals surface area contributed by atoms with Gasteiger partial charge in [0.25, 0.3) is 0 Å². The van der Waals surface area contributed by atoms with E-state index < -0.39 is 11.8 Å². The Bertz CT molecular complexity index is 663. The van der Waals surface area contributed by atoms with Gasteiger partial charge in [0, 0.05) is 0 Å². The second-order valence-corrected chi connectivity index (χ2v) is 4.33. The molecule has 0 spiro atoms. The molecule has 2 amide bonds. The van der Waals surface area contributed by atoms with E-state index >= 15 is 0 Å². The van der Waals surface area contributed by atoms with Crippen LogP contribution in [-0.2, 0) is 0 Å². The van der Waals surface area contributed by atoms with Gasteiger partial charge in [0.2, 0.25) is 11.8 Å². The van der Waals surface area contributed by atoms with Crippen LogP contribution in [0.4, 0.5) is 0 Å². The molecule has 96 valence electrons. The number of primary amides is 2. The van der Waals surface area contributed by atoms with Crippen LogP contribution in [0.25, 0.3) is 11.1 Å². The molecule has 2 aromatic rings. The van der Waals surface area contributed by atoms with Gasteiger partial charge in [0.15, 0.2) is 0 Å². The Balaban J connectivity index is 2.73. The molecule has 0 aliphatic heterocycles. The molecule has 0 aromatic heterocycles. The first-order chi connectivity index (χ1) is 9.00. The largest absolute Gasteiger partial charge is 0.366 e. The molecule has 2 aromatic carbocycles. The molecule has 0 unspecified atom stereocenters. The molecular weight excluding hydrogens is 240 g/mol. The van der Waals surface area contributed by atoms with Gasteiger partial charge in [0.1, 0.15) is 0 Å². The second-order valence-electron chi connectivity index (χ2n) is 4.33. The molecule has 0 saturated heterocycles. The van der Waals surface area contributed by atoms with Crippen LogP contribution in [0, 0.1) is 6.92 Å². The average molecular weight is 254 g/mol. The molecule has 0 aliphatic carbocycles. The van der Waals surface area contributed by atoms with Crippen molar-refractivity contribution in [3.8, 4) is 11.1 Å². The Morgan fingerprint density at radius 2 is 1.63 bits per heavy atom. The molecule has 0 aliphatic rings. The van der Waals surface area contributed by atoms with Crippen molar-refractivity contribution in [3.63, 3.8) is 0 Å². The minimum absolute atomic E-state index is 0.145. The number of amides is 2. The topological polar surface area (TPSA) is 86.2 Å². The van der Waals surface area contributed by atoms with Crippen molar-refractivity contribution in [1.82, 2.24) is 0 Å². The zero-order chi connectivity index (χ0) is 14.0. The van der Waals surface area contributed by atoms with Crippen molar-refractivity contribution in [2.75, 3.05) is 0 Å². The van der Waals surface area contributed by atoms with E-state index in [9.17, 15) is 9.59 Å². The van der Waals surface area contributed by atoms with Crippen molar-refractivity contribution in [2.45, 2.75) is 6.92 Å². The van der Waals surface area contributed by atoms with E-state index in [4.69, 9.17) is 11.5 Å². The molecule has 4 nitrogen and oxygen atoms in total. The van der Waals surface area contributed by atoms with E-state index in [-0.39, 0.29) is 11.1 Å². The Morgan fingerprint density at radius 3 is 2.21 bits per heavy atom. The lowest BCUT2D eigenvalue weighted by atomic mass is 9.94. The van der Waals surface area contributed by atoms with Crippen molar-refractivity contribution in [2.24, 2.45) is 11.5 Å². The minimum atomic E-state index is -0.664. The number of rotatable bonds is 3. The van der Waals surface area contributed by atoms with Crippen LogP contribution in [0.3, 0.4) is 0 Å². The summed E-state index contributed by atoms with van der Waals surface area (Å²) in [6.07, 6.45) is 0. The Hall–Kier alpha value is -2.62. The molecule has 2 rings (SSSR count). The van der Waals surface area contributed by atoms with Gasteiger partial charge in [-0.3, -0.25) is 9.59 Å². The van der Waals surface area contributed by atoms with E-state index in [0.29, 0.717) is 5.56 Å². The molecule has 0 radical (unpaired) electrons. The number of hydrogen-bond donors (Lipinski definition) is 2. The number of carbonyl (C=O) groups excluding carboxylic acids is 2. The van der Waals surface area contributed by atoms with Crippen LogP contribution in [0.2, 0.25) is 0 Å². The average Bonchev–Trinajstić information content (AvgIpc) is 2.37. The summed E-state index contributed by atoms with van der Waals surface area (Å²) >= 11 is 0. The summed E-state index contributed by atoms with van der Waals surface area (Å²) in [5.41, 5.74) is 13.5. The highest BCUT2D eigenvalue weighted by molar-refractivity contribution is 6.10. The van der Waals surface area contributed by atoms with Crippen molar-refractivity contribution in [1.29, 1.82) is 0 Å². The van der Waals surface area contributed by atoms with Crippen LogP contribution >= 0.6 is 0 Å². The summed E-state index contributed by atoms with van der Waals surface area (Å²) in [6, 6.07) is 12.6. The maximum absolute atomic E-state index is 11.6. The fourth-order valence-corrected chi connectivity index (χ4v) is 2.08. The van der Waals surface area contributed by atoms with Gasteiger partial charge in [-0.15, -0.1) is 0 Å². The zero-order valence-electron chi connectivity index (χ0n) is 10.5. The summed E-state index contributed by atoms with van der Waals surface area (Å²) in [5, 5.41) is 0. The molecule has 0 fully saturated rings. The number of hydrogen-bond acceptors (Lipinski definition) is 2. The van der Waals surface area contributed by atoms with Crippen molar-refractivity contribution in [3.05, 3.63) is 59.2 Å². The maximum Gasteiger partial charge on any atom is 0.250 e. The van der Waals surface area contributed by atoms with Crippen molar-refractivity contribution >= 4 is 11.8 Å². The second kappa shape index (κ2) is 4.94. The van der Waals surface area contributed by atoms with Crippen LogP contribution < -0.4 is 11.5 Å². The van der Waals surface area contributed by atoms with Crippen molar-refractivity contribution < 1.29 is 9.59 Å². The highest BCUT2D eigenvalue weighted by Crippen LogP contribution is 2.26. The summed E-state index contributed by atoms with van der Waals surface area (Å²) < 4.78 is 0. The maximum atomic E-state index is 11.6. The van der Waals surface area contributed by atoms with Gasteiger partial charge in [-0.1, -0.05) is 42.0 Å². The minimum Gasteiger partial charge on any atom is -0.366 e. The fourth-order valence-electron chi connectivity index (χ4n) is 2.08. The number of carbonyl (C=O) groups is 2. The van der Waals surface area contributed by atoms with E-state index in [1.54, 1.807) is 12.1 Å². The third kappa shape index (κ3) is 2.47. The molecular formula is C15H14N2O2. The van der Waals surface area contributed by atoms with Gasteiger partial charge < -0.3 is 11.5 Å². The highest BCUT2D eigenvalue weighted by atomic mass is 16.2. The first-order valence-electron chi connectivity index (χ1n) is 5.80. The smallest absolute Gasteiger partial charge is 0.250 e. The number of nitrogens with two attached hydrogens (primary N) is 2. The SMILES string of the molecule is Cc1cccc(-c2cccc(C(N)=O)c2C(N)=O)c1. The zero-order valence-corrected chi connectivity index (χ0v) is 10.5. The van der Waals surface area contributed by atoms with Gasteiger partial charge in [-0.2, -0.15) is 0 Å². The Morgan fingerprint density at radius 1 is 0.947 bits per heavy atom. The predicted octanol–water partition coefficient (Wildman–Crippen LogP) is 1.86. The molecule has 19 heavy (non-hydrogen) atoms. The Kier molecular flexibility index (Phi) is 3.33. The van der Waals surface area contributed by atoms with Gasteiger partial charge in [-0.05, 0) is 24.1 Å². The molecule has 0 atom stereocenters. The monoisotopic (exact) mass is 254 g/mol. The lowest BCUT2D eigenvalue weighted by Gasteiger charge is -2.11. The van der Waals surface area contributed by atoms with Crippen LogP contribution in [0.1, 0.15) is 26.3 Å². The first kappa shape index (κ1) is 12.8. The predicted molar refractivity (Wildman–Crippen MR) is 73.7 cm³/mol. The first-order valence-corrected chi connectivity index (χ1v) is 5.80. The fraction of sp³-hybridized carbons (Fsp3) is 0.0667. The van der Waals surface area contributed by atoms with Gasteiger partial charge >= 0.3 is 0 Å². The van der Waals surface area contributed by atoms with Gasteiger partial charge in [0.05, 0.1) is 11.1 Å².